The Morgan fingerprint density at radius 1 is 1.26 bits per heavy atom. The van der Waals surface area contributed by atoms with Crippen molar-refractivity contribution in [3.63, 3.8) is 0 Å². The Hall–Kier alpha value is -0.480. The van der Waals surface area contributed by atoms with E-state index in [4.69, 9.17) is 4.42 Å². The SMILES string of the molecule is C(=Cc1ccco1)CN1CC[C@H]2CC[C@@H](C1)N2.Cl.Cl. The molecule has 2 fully saturated rings. The van der Waals surface area contributed by atoms with E-state index in [2.05, 4.69) is 22.4 Å². The number of hydrogen-bond donors (Lipinski definition) is 1. The molecule has 2 bridgehead atoms. The van der Waals surface area contributed by atoms with E-state index in [9.17, 15) is 0 Å². The van der Waals surface area contributed by atoms with Gasteiger partial charge in [-0.15, -0.1) is 24.8 Å². The summed E-state index contributed by atoms with van der Waals surface area (Å²) in [4.78, 5) is 2.54. The number of hydrogen-bond acceptors (Lipinski definition) is 3. The van der Waals surface area contributed by atoms with Gasteiger partial charge in [0.05, 0.1) is 6.26 Å². The molecule has 0 amide bonds. The number of halogens is 2. The van der Waals surface area contributed by atoms with E-state index in [0.717, 1.165) is 24.4 Å². The highest BCUT2D eigenvalue weighted by Gasteiger charge is 2.28. The van der Waals surface area contributed by atoms with Gasteiger partial charge in [0.25, 0.3) is 0 Å². The number of likely N-dealkylation sites (tertiary alicyclic amines) is 1. The summed E-state index contributed by atoms with van der Waals surface area (Å²) >= 11 is 0. The molecule has 0 spiro atoms. The van der Waals surface area contributed by atoms with Crippen molar-refractivity contribution in [2.45, 2.75) is 31.3 Å². The molecule has 3 rings (SSSR count). The number of furan rings is 1. The Morgan fingerprint density at radius 2 is 2.11 bits per heavy atom. The molecule has 2 saturated heterocycles. The van der Waals surface area contributed by atoms with Crippen molar-refractivity contribution in [1.82, 2.24) is 10.2 Å². The zero-order valence-corrected chi connectivity index (χ0v) is 12.6. The lowest BCUT2D eigenvalue weighted by Gasteiger charge is -2.22. The van der Waals surface area contributed by atoms with E-state index in [1.54, 1.807) is 6.26 Å². The monoisotopic (exact) mass is 304 g/mol. The van der Waals surface area contributed by atoms with Gasteiger partial charge < -0.3 is 9.73 Å². The molecular formula is C14H22Cl2N2O. The summed E-state index contributed by atoms with van der Waals surface area (Å²) in [6.45, 7) is 3.45. The van der Waals surface area contributed by atoms with Crippen molar-refractivity contribution >= 4 is 30.9 Å². The zero-order chi connectivity index (χ0) is 11.5. The molecule has 3 heterocycles. The summed E-state index contributed by atoms with van der Waals surface area (Å²) in [5, 5.41) is 3.70. The van der Waals surface area contributed by atoms with Crippen molar-refractivity contribution in [2.75, 3.05) is 19.6 Å². The number of nitrogens with zero attached hydrogens (tertiary/aromatic N) is 1. The van der Waals surface area contributed by atoms with Crippen LogP contribution >= 0.6 is 24.8 Å². The molecule has 3 nitrogen and oxygen atoms in total. The molecule has 2 aliphatic rings. The van der Waals surface area contributed by atoms with Crippen molar-refractivity contribution < 1.29 is 4.42 Å². The molecule has 5 heteroatoms. The second-order valence-electron chi connectivity index (χ2n) is 5.10. The standard InChI is InChI=1S/C14H20N2O.2ClH/c1(3-14-4-2-10-17-14)8-16-9-7-12-5-6-13(11-16)15-12;;/h1-4,10,12-13,15H,5-9,11H2;2*1H/t12-,13+;;/m1../s1. The van der Waals surface area contributed by atoms with Gasteiger partial charge in [-0.2, -0.15) is 0 Å². The average molecular weight is 305 g/mol. The summed E-state index contributed by atoms with van der Waals surface area (Å²) in [5.74, 6) is 0.944. The Balaban J connectivity index is 0.000000902. The molecule has 2 atom stereocenters. The van der Waals surface area contributed by atoms with E-state index in [0.29, 0.717) is 0 Å². The fourth-order valence-corrected chi connectivity index (χ4v) is 2.89. The third-order valence-corrected chi connectivity index (χ3v) is 3.80. The van der Waals surface area contributed by atoms with Gasteiger partial charge in [-0.25, -0.2) is 0 Å². The zero-order valence-electron chi connectivity index (χ0n) is 11.0. The molecule has 0 radical (unpaired) electrons. The summed E-state index contributed by atoms with van der Waals surface area (Å²) < 4.78 is 5.28. The van der Waals surface area contributed by atoms with Crippen LogP contribution in [-0.2, 0) is 0 Å². The summed E-state index contributed by atoms with van der Waals surface area (Å²) in [7, 11) is 0. The van der Waals surface area contributed by atoms with E-state index < -0.39 is 0 Å². The van der Waals surface area contributed by atoms with Crippen molar-refractivity contribution in [1.29, 1.82) is 0 Å². The predicted molar refractivity (Wildman–Crippen MR) is 83.2 cm³/mol. The maximum Gasteiger partial charge on any atom is 0.126 e. The highest BCUT2D eigenvalue weighted by molar-refractivity contribution is 5.85. The molecule has 1 N–H and O–H groups in total. The molecule has 0 aromatic carbocycles. The first-order valence-electron chi connectivity index (χ1n) is 6.58. The highest BCUT2D eigenvalue weighted by Crippen LogP contribution is 2.20. The third kappa shape index (κ3) is 4.53. The fourth-order valence-electron chi connectivity index (χ4n) is 2.89. The Kier molecular flexibility index (Phi) is 6.94. The first-order valence-corrected chi connectivity index (χ1v) is 6.58. The van der Waals surface area contributed by atoms with Gasteiger partial charge in [-0.05, 0) is 37.5 Å². The van der Waals surface area contributed by atoms with E-state index in [-0.39, 0.29) is 24.8 Å². The van der Waals surface area contributed by atoms with Crippen LogP contribution < -0.4 is 5.32 Å². The van der Waals surface area contributed by atoms with Crippen LogP contribution in [0, 0.1) is 0 Å². The largest absolute Gasteiger partial charge is 0.465 e. The predicted octanol–water partition coefficient (Wildman–Crippen LogP) is 2.96. The second-order valence-corrected chi connectivity index (χ2v) is 5.10. The van der Waals surface area contributed by atoms with Crippen molar-refractivity contribution in [3.05, 3.63) is 30.2 Å². The topological polar surface area (TPSA) is 28.4 Å². The van der Waals surface area contributed by atoms with Gasteiger partial charge in [0.2, 0.25) is 0 Å². The van der Waals surface area contributed by atoms with Gasteiger partial charge in [0.1, 0.15) is 5.76 Å². The van der Waals surface area contributed by atoms with E-state index in [1.807, 2.05) is 12.1 Å². The maximum atomic E-state index is 5.28. The molecule has 2 aliphatic heterocycles. The molecular weight excluding hydrogens is 283 g/mol. The van der Waals surface area contributed by atoms with Crippen molar-refractivity contribution in [2.24, 2.45) is 0 Å². The minimum Gasteiger partial charge on any atom is -0.465 e. The summed E-state index contributed by atoms with van der Waals surface area (Å²) in [6, 6.07) is 5.41. The Labute approximate surface area is 127 Å². The van der Waals surface area contributed by atoms with Crippen LogP contribution in [0.1, 0.15) is 25.0 Å². The number of fused-ring (bicyclic) bond motifs is 2. The smallest absolute Gasteiger partial charge is 0.126 e. The van der Waals surface area contributed by atoms with Crippen LogP contribution in [0.15, 0.2) is 28.9 Å². The molecule has 1 aromatic heterocycles. The lowest BCUT2D eigenvalue weighted by molar-refractivity contribution is 0.285. The van der Waals surface area contributed by atoms with Gasteiger partial charge >= 0.3 is 0 Å². The van der Waals surface area contributed by atoms with Crippen LogP contribution in [0.5, 0.6) is 0 Å². The molecule has 0 unspecified atom stereocenters. The Bertz CT molecular complexity index is 381. The molecule has 0 aliphatic carbocycles. The minimum absolute atomic E-state index is 0. The summed E-state index contributed by atoms with van der Waals surface area (Å²) in [6.07, 6.45) is 10.0. The lowest BCUT2D eigenvalue weighted by atomic mass is 10.1. The average Bonchev–Trinajstić information content (AvgIpc) is 2.91. The van der Waals surface area contributed by atoms with E-state index in [1.165, 1.54) is 32.4 Å². The maximum absolute atomic E-state index is 5.28. The normalized spacial score (nSPS) is 26.7. The molecule has 108 valence electrons. The van der Waals surface area contributed by atoms with Gasteiger partial charge in [0.15, 0.2) is 0 Å². The van der Waals surface area contributed by atoms with Crippen LogP contribution in [0.3, 0.4) is 0 Å². The third-order valence-electron chi connectivity index (χ3n) is 3.80. The summed E-state index contributed by atoms with van der Waals surface area (Å²) in [5.41, 5.74) is 0. The van der Waals surface area contributed by atoms with Gasteiger partial charge in [0, 0.05) is 31.7 Å². The van der Waals surface area contributed by atoms with E-state index >= 15 is 0 Å². The first kappa shape index (κ1) is 16.6. The van der Waals surface area contributed by atoms with Gasteiger partial charge in [-0.1, -0.05) is 6.08 Å². The number of rotatable bonds is 3. The first-order chi connectivity index (χ1) is 8.40. The second kappa shape index (κ2) is 7.95. The Morgan fingerprint density at radius 3 is 2.89 bits per heavy atom. The lowest BCUT2D eigenvalue weighted by Crippen LogP contribution is -2.35. The van der Waals surface area contributed by atoms with Gasteiger partial charge in [-0.3, -0.25) is 4.90 Å². The number of nitrogens with one attached hydrogen (secondary N) is 1. The van der Waals surface area contributed by atoms with Crippen LogP contribution in [-0.4, -0.2) is 36.6 Å². The van der Waals surface area contributed by atoms with Crippen LogP contribution in [0.25, 0.3) is 6.08 Å². The molecule has 0 saturated carbocycles. The fraction of sp³-hybridized carbons (Fsp3) is 0.571. The molecule has 1 aromatic rings. The quantitative estimate of drug-likeness (QED) is 0.930. The van der Waals surface area contributed by atoms with Crippen LogP contribution in [0.2, 0.25) is 0 Å². The minimum atomic E-state index is 0. The van der Waals surface area contributed by atoms with Crippen LogP contribution in [0.4, 0.5) is 0 Å². The van der Waals surface area contributed by atoms with Crippen molar-refractivity contribution in [3.8, 4) is 0 Å². The molecule has 19 heavy (non-hydrogen) atoms. The highest BCUT2D eigenvalue weighted by atomic mass is 35.5.